The van der Waals surface area contributed by atoms with Gasteiger partial charge in [-0.2, -0.15) is 0 Å². The van der Waals surface area contributed by atoms with Crippen LogP contribution >= 0.6 is 0 Å². The van der Waals surface area contributed by atoms with Gasteiger partial charge in [0.1, 0.15) is 5.75 Å². The van der Waals surface area contributed by atoms with Crippen LogP contribution in [0.1, 0.15) is 24.8 Å². The Morgan fingerprint density at radius 2 is 1.87 bits per heavy atom. The van der Waals surface area contributed by atoms with Crippen LogP contribution in [0, 0.1) is 5.92 Å². The third-order valence-electron chi connectivity index (χ3n) is 5.65. The number of anilines is 1. The molecule has 30 heavy (non-hydrogen) atoms. The maximum absolute atomic E-state index is 12.6. The predicted octanol–water partition coefficient (Wildman–Crippen LogP) is 3.23. The summed E-state index contributed by atoms with van der Waals surface area (Å²) in [6, 6.07) is 13.2. The molecular formula is C23H26N2O5. The smallest absolute Gasteiger partial charge is 0.231 e. The second-order valence-corrected chi connectivity index (χ2v) is 7.53. The number of hydrogen-bond acceptors (Lipinski definition) is 5. The Balaban J connectivity index is 1.24. The van der Waals surface area contributed by atoms with Crippen molar-refractivity contribution in [1.82, 2.24) is 4.90 Å². The number of hydrogen-bond donors (Lipinski definition) is 1. The lowest BCUT2D eigenvalue weighted by atomic mass is 9.95. The summed E-state index contributed by atoms with van der Waals surface area (Å²) in [7, 11) is 1.58. The Kier molecular flexibility index (Phi) is 6.07. The zero-order valence-electron chi connectivity index (χ0n) is 17.1. The molecule has 2 heterocycles. The maximum atomic E-state index is 12.6. The fraction of sp³-hybridized carbons (Fsp3) is 0.391. The minimum atomic E-state index is -0.104. The fourth-order valence-corrected chi connectivity index (χ4v) is 3.88. The van der Waals surface area contributed by atoms with Crippen molar-refractivity contribution in [3.8, 4) is 17.2 Å². The number of amides is 2. The first-order chi connectivity index (χ1) is 14.6. The van der Waals surface area contributed by atoms with Crippen molar-refractivity contribution < 1.29 is 23.8 Å². The topological polar surface area (TPSA) is 77.1 Å². The monoisotopic (exact) mass is 410 g/mol. The molecule has 158 valence electrons. The highest BCUT2D eigenvalue weighted by molar-refractivity contribution is 5.94. The number of likely N-dealkylation sites (tertiary alicyclic amines) is 1. The van der Waals surface area contributed by atoms with E-state index in [1.165, 1.54) is 0 Å². The summed E-state index contributed by atoms with van der Waals surface area (Å²) >= 11 is 0. The van der Waals surface area contributed by atoms with E-state index in [1.807, 2.05) is 47.4 Å². The molecule has 1 saturated heterocycles. The summed E-state index contributed by atoms with van der Waals surface area (Å²) in [6.07, 6.45) is 2.43. The van der Waals surface area contributed by atoms with Crippen molar-refractivity contribution in [3.05, 3.63) is 48.0 Å². The van der Waals surface area contributed by atoms with E-state index in [1.54, 1.807) is 7.11 Å². The molecule has 4 rings (SSSR count). The first-order valence-electron chi connectivity index (χ1n) is 10.2. The number of ether oxygens (including phenoxy) is 3. The number of carbonyl (C=O) groups is 2. The lowest BCUT2D eigenvalue weighted by molar-refractivity contribution is -0.134. The largest absolute Gasteiger partial charge is 0.495 e. The van der Waals surface area contributed by atoms with Gasteiger partial charge in [-0.05, 0) is 49.1 Å². The number of fused-ring (bicyclic) bond motifs is 1. The first-order valence-corrected chi connectivity index (χ1v) is 10.2. The molecule has 2 amide bonds. The number of nitrogens with zero attached hydrogens (tertiary/aromatic N) is 1. The summed E-state index contributed by atoms with van der Waals surface area (Å²) in [5.41, 5.74) is 1.73. The van der Waals surface area contributed by atoms with Gasteiger partial charge in [-0.15, -0.1) is 0 Å². The lowest BCUT2D eigenvalue weighted by Gasteiger charge is -2.31. The third kappa shape index (κ3) is 4.50. The second-order valence-electron chi connectivity index (χ2n) is 7.53. The highest BCUT2D eigenvalue weighted by Crippen LogP contribution is 2.33. The molecule has 0 aromatic heterocycles. The minimum Gasteiger partial charge on any atom is -0.495 e. The molecule has 0 saturated carbocycles. The van der Waals surface area contributed by atoms with Gasteiger partial charge >= 0.3 is 0 Å². The number of benzene rings is 2. The van der Waals surface area contributed by atoms with Crippen LogP contribution in [0.25, 0.3) is 0 Å². The number of aryl methyl sites for hydroxylation is 1. The van der Waals surface area contributed by atoms with Gasteiger partial charge < -0.3 is 24.4 Å². The van der Waals surface area contributed by atoms with Crippen molar-refractivity contribution in [2.75, 3.05) is 32.3 Å². The van der Waals surface area contributed by atoms with Gasteiger partial charge in [-0.3, -0.25) is 9.59 Å². The zero-order valence-corrected chi connectivity index (χ0v) is 17.1. The number of rotatable bonds is 6. The normalized spacial score (nSPS) is 15.7. The molecule has 2 aliphatic heterocycles. The molecule has 0 spiro atoms. The number of carbonyl (C=O) groups excluding carboxylic acids is 2. The van der Waals surface area contributed by atoms with E-state index in [9.17, 15) is 9.59 Å². The van der Waals surface area contributed by atoms with Crippen molar-refractivity contribution in [2.45, 2.75) is 25.7 Å². The van der Waals surface area contributed by atoms with Crippen LogP contribution in [-0.2, 0) is 16.0 Å². The van der Waals surface area contributed by atoms with Gasteiger partial charge in [0.2, 0.25) is 18.6 Å². The highest BCUT2D eigenvalue weighted by atomic mass is 16.7. The molecule has 0 radical (unpaired) electrons. The molecule has 0 atom stereocenters. The quantitative estimate of drug-likeness (QED) is 0.791. The molecule has 0 bridgehead atoms. The Labute approximate surface area is 175 Å². The number of nitrogens with one attached hydrogen (secondary N) is 1. The van der Waals surface area contributed by atoms with Crippen LogP contribution in [0.2, 0.25) is 0 Å². The van der Waals surface area contributed by atoms with Crippen molar-refractivity contribution in [2.24, 2.45) is 5.92 Å². The Morgan fingerprint density at radius 3 is 2.67 bits per heavy atom. The van der Waals surface area contributed by atoms with Crippen LogP contribution < -0.4 is 19.5 Å². The molecule has 2 aromatic carbocycles. The van der Waals surface area contributed by atoms with Gasteiger partial charge in [-0.25, -0.2) is 0 Å². The standard InChI is InChI=1S/C23H26N2O5/c1-28-19-5-3-2-4-18(19)24-23(27)17-10-12-25(13-11-17)22(26)9-7-16-6-8-20-21(14-16)30-15-29-20/h2-6,8,14,17H,7,9-13,15H2,1H3,(H,24,27). The Hall–Kier alpha value is -3.22. The molecule has 7 heteroatoms. The fourth-order valence-electron chi connectivity index (χ4n) is 3.88. The Bertz CT molecular complexity index is 922. The van der Waals surface area contributed by atoms with Crippen LogP contribution in [0.4, 0.5) is 5.69 Å². The van der Waals surface area contributed by atoms with Crippen LogP contribution in [-0.4, -0.2) is 43.7 Å². The second kappa shape index (κ2) is 9.07. The van der Waals surface area contributed by atoms with Gasteiger partial charge in [0.25, 0.3) is 0 Å². The van der Waals surface area contributed by atoms with Gasteiger partial charge in [0, 0.05) is 25.4 Å². The van der Waals surface area contributed by atoms with Crippen molar-refractivity contribution in [1.29, 1.82) is 0 Å². The number of methoxy groups -OCH3 is 1. The van der Waals surface area contributed by atoms with Gasteiger partial charge in [0.15, 0.2) is 11.5 Å². The summed E-state index contributed by atoms with van der Waals surface area (Å²) in [6.45, 7) is 1.45. The Morgan fingerprint density at radius 1 is 1.10 bits per heavy atom. The molecule has 0 unspecified atom stereocenters. The molecule has 0 aliphatic carbocycles. The van der Waals surface area contributed by atoms with Crippen LogP contribution in [0.3, 0.4) is 0 Å². The van der Waals surface area contributed by atoms with Crippen LogP contribution in [0.15, 0.2) is 42.5 Å². The van der Waals surface area contributed by atoms with Gasteiger partial charge in [-0.1, -0.05) is 18.2 Å². The zero-order chi connectivity index (χ0) is 20.9. The van der Waals surface area contributed by atoms with E-state index in [-0.39, 0.29) is 24.5 Å². The molecule has 2 aliphatic rings. The summed E-state index contributed by atoms with van der Waals surface area (Å²) in [5.74, 6) is 2.12. The van der Waals surface area contributed by atoms with Crippen LogP contribution in [0.5, 0.6) is 17.2 Å². The van der Waals surface area contributed by atoms with Crippen molar-refractivity contribution >= 4 is 17.5 Å². The lowest BCUT2D eigenvalue weighted by Crippen LogP contribution is -2.41. The molecule has 1 fully saturated rings. The molecule has 7 nitrogen and oxygen atoms in total. The molecule has 1 N–H and O–H groups in total. The summed E-state index contributed by atoms with van der Waals surface area (Å²) < 4.78 is 16.0. The molecular weight excluding hydrogens is 384 g/mol. The number of para-hydroxylation sites is 2. The summed E-state index contributed by atoms with van der Waals surface area (Å²) in [4.78, 5) is 27.1. The average Bonchev–Trinajstić information content (AvgIpc) is 3.26. The summed E-state index contributed by atoms with van der Waals surface area (Å²) in [5, 5.41) is 2.95. The van der Waals surface area contributed by atoms with E-state index in [0.29, 0.717) is 50.2 Å². The van der Waals surface area contributed by atoms with E-state index in [4.69, 9.17) is 14.2 Å². The minimum absolute atomic E-state index is 0.0213. The SMILES string of the molecule is COc1ccccc1NC(=O)C1CCN(C(=O)CCc2ccc3c(c2)OCO3)CC1. The van der Waals surface area contributed by atoms with E-state index < -0.39 is 0 Å². The predicted molar refractivity (Wildman–Crippen MR) is 112 cm³/mol. The van der Waals surface area contributed by atoms with E-state index >= 15 is 0 Å². The first kappa shape index (κ1) is 20.1. The average molecular weight is 410 g/mol. The third-order valence-corrected chi connectivity index (χ3v) is 5.65. The van der Waals surface area contributed by atoms with E-state index in [0.717, 1.165) is 17.1 Å². The number of piperidine rings is 1. The molecule has 2 aromatic rings. The highest BCUT2D eigenvalue weighted by Gasteiger charge is 2.27. The van der Waals surface area contributed by atoms with Crippen molar-refractivity contribution in [3.63, 3.8) is 0 Å². The maximum Gasteiger partial charge on any atom is 0.231 e. The van der Waals surface area contributed by atoms with Gasteiger partial charge in [0.05, 0.1) is 12.8 Å². The van der Waals surface area contributed by atoms with E-state index in [2.05, 4.69) is 5.32 Å².